The van der Waals surface area contributed by atoms with Gasteiger partial charge in [0.05, 0.1) is 0 Å². The van der Waals surface area contributed by atoms with Gasteiger partial charge < -0.3 is 20.7 Å². The molecule has 8 nitrogen and oxygen atoms in total. The van der Waals surface area contributed by atoms with Gasteiger partial charge in [-0.15, -0.1) is 0 Å². The summed E-state index contributed by atoms with van der Waals surface area (Å²) in [5.74, 6) is 2.53. The van der Waals surface area contributed by atoms with Crippen molar-refractivity contribution >= 4 is 23.4 Å². The van der Waals surface area contributed by atoms with Crippen molar-refractivity contribution in [3.8, 4) is 0 Å². The van der Waals surface area contributed by atoms with Gasteiger partial charge in [-0.05, 0) is 19.1 Å². The van der Waals surface area contributed by atoms with Crippen molar-refractivity contribution in [3.63, 3.8) is 0 Å². The molecule has 0 atom stereocenters. The van der Waals surface area contributed by atoms with Crippen LogP contribution in [-0.4, -0.2) is 47.7 Å². The summed E-state index contributed by atoms with van der Waals surface area (Å²) < 4.78 is 4.74. The minimum absolute atomic E-state index is 0.0603. The molecule has 0 bridgehead atoms. The molecule has 1 amide bonds. The number of pyridine rings is 1. The van der Waals surface area contributed by atoms with Gasteiger partial charge in [-0.3, -0.25) is 4.79 Å². The van der Waals surface area contributed by atoms with Crippen LogP contribution in [-0.2, 0) is 9.53 Å². The lowest BCUT2D eigenvalue weighted by Crippen LogP contribution is -2.31. The fraction of sp³-hybridized carbons (Fsp3) is 0.333. The number of carbonyl (C=O) groups is 1. The van der Waals surface area contributed by atoms with Gasteiger partial charge >= 0.3 is 0 Å². The Morgan fingerprint density at radius 3 is 2.74 bits per heavy atom. The molecule has 2 rings (SSSR count). The topological polar surface area (TPSA) is 101 Å². The van der Waals surface area contributed by atoms with Crippen LogP contribution in [0.3, 0.4) is 0 Å². The largest absolute Gasteiger partial charge is 0.375 e. The van der Waals surface area contributed by atoms with E-state index in [1.54, 1.807) is 12.3 Å². The van der Waals surface area contributed by atoms with Gasteiger partial charge in [0, 0.05) is 32.5 Å². The first-order chi connectivity index (χ1) is 11.2. The first-order valence-electron chi connectivity index (χ1n) is 7.20. The first-order valence-corrected chi connectivity index (χ1v) is 7.20. The standard InChI is InChI=1S/C15H20N6O2/c1-11-19-13(17-7-8-18-15(22)10-23-2)9-14(20-11)21-12-5-3-4-6-16-12/h3-6,9H,7-8,10H2,1-2H3,(H,18,22)(H2,16,17,19,20,21). The highest BCUT2D eigenvalue weighted by atomic mass is 16.5. The third-order valence-electron chi connectivity index (χ3n) is 2.79. The predicted octanol–water partition coefficient (Wildman–Crippen LogP) is 1.10. The molecule has 2 aromatic heterocycles. The number of anilines is 3. The molecule has 0 unspecified atom stereocenters. The average molecular weight is 316 g/mol. The molecule has 122 valence electrons. The van der Waals surface area contributed by atoms with E-state index in [0.717, 1.165) is 0 Å². The second kappa shape index (κ2) is 8.64. The summed E-state index contributed by atoms with van der Waals surface area (Å²) >= 11 is 0. The first kappa shape index (κ1) is 16.6. The van der Waals surface area contributed by atoms with E-state index in [1.165, 1.54) is 7.11 Å². The number of nitrogens with one attached hydrogen (secondary N) is 3. The van der Waals surface area contributed by atoms with Gasteiger partial charge in [-0.2, -0.15) is 0 Å². The number of amides is 1. The van der Waals surface area contributed by atoms with Crippen molar-refractivity contribution in [2.45, 2.75) is 6.92 Å². The van der Waals surface area contributed by atoms with Crippen molar-refractivity contribution in [1.29, 1.82) is 0 Å². The van der Waals surface area contributed by atoms with E-state index in [2.05, 4.69) is 30.9 Å². The number of carbonyl (C=O) groups excluding carboxylic acids is 1. The number of ether oxygens (including phenoxy) is 1. The van der Waals surface area contributed by atoms with Crippen molar-refractivity contribution in [3.05, 3.63) is 36.3 Å². The molecule has 0 aliphatic carbocycles. The maximum Gasteiger partial charge on any atom is 0.246 e. The second-order valence-electron chi connectivity index (χ2n) is 4.74. The third kappa shape index (κ3) is 5.87. The van der Waals surface area contributed by atoms with Crippen LogP contribution in [0, 0.1) is 6.92 Å². The summed E-state index contributed by atoms with van der Waals surface area (Å²) in [6, 6.07) is 7.39. The van der Waals surface area contributed by atoms with Crippen LogP contribution < -0.4 is 16.0 Å². The van der Waals surface area contributed by atoms with Crippen LogP contribution >= 0.6 is 0 Å². The van der Waals surface area contributed by atoms with E-state index < -0.39 is 0 Å². The van der Waals surface area contributed by atoms with Crippen LogP contribution in [0.15, 0.2) is 30.5 Å². The Morgan fingerprint density at radius 2 is 2.00 bits per heavy atom. The number of aromatic nitrogens is 3. The maximum absolute atomic E-state index is 11.3. The van der Waals surface area contributed by atoms with Gasteiger partial charge in [0.1, 0.15) is 29.9 Å². The zero-order valence-corrected chi connectivity index (χ0v) is 13.2. The van der Waals surface area contributed by atoms with E-state index in [1.807, 2.05) is 25.1 Å². The van der Waals surface area contributed by atoms with E-state index in [4.69, 9.17) is 4.74 Å². The zero-order chi connectivity index (χ0) is 16.5. The molecule has 0 spiro atoms. The minimum Gasteiger partial charge on any atom is -0.375 e. The second-order valence-corrected chi connectivity index (χ2v) is 4.74. The lowest BCUT2D eigenvalue weighted by Gasteiger charge is -2.10. The molecule has 0 saturated carbocycles. The highest BCUT2D eigenvalue weighted by Crippen LogP contribution is 2.15. The van der Waals surface area contributed by atoms with Crippen molar-refractivity contribution < 1.29 is 9.53 Å². The number of rotatable bonds is 8. The predicted molar refractivity (Wildman–Crippen MR) is 87.7 cm³/mol. The summed E-state index contributed by atoms with van der Waals surface area (Å²) in [6.07, 6.45) is 1.71. The summed E-state index contributed by atoms with van der Waals surface area (Å²) in [4.78, 5) is 24.1. The molecule has 23 heavy (non-hydrogen) atoms. The molecule has 0 aliphatic rings. The van der Waals surface area contributed by atoms with Crippen LogP contribution in [0.2, 0.25) is 0 Å². The number of nitrogens with zero attached hydrogens (tertiary/aromatic N) is 3. The number of aryl methyl sites for hydroxylation is 1. The quantitative estimate of drug-likeness (QED) is 0.627. The van der Waals surface area contributed by atoms with Gasteiger partial charge in [-0.25, -0.2) is 15.0 Å². The van der Waals surface area contributed by atoms with Gasteiger partial charge in [0.25, 0.3) is 0 Å². The highest BCUT2D eigenvalue weighted by molar-refractivity contribution is 5.77. The van der Waals surface area contributed by atoms with Gasteiger partial charge in [-0.1, -0.05) is 6.07 Å². The fourth-order valence-electron chi connectivity index (χ4n) is 1.86. The molecule has 0 fully saturated rings. The summed E-state index contributed by atoms with van der Waals surface area (Å²) in [7, 11) is 1.48. The molecule has 8 heteroatoms. The van der Waals surface area contributed by atoms with E-state index in [9.17, 15) is 4.79 Å². The van der Waals surface area contributed by atoms with E-state index in [-0.39, 0.29) is 12.5 Å². The van der Waals surface area contributed by atoms with Crippen LogP contribution in [0.1, 0.15) is 5.82 Å². The fourth-order valence-corrected chi connectivity index (χ4v) is 1.86. The Hall–Kier alpha value is -2.74. The molecule has 2 aromatic rings. The Morgan fingerprint density at radius 1 is 1.17 bits per heavy atom. The minimum atomic E-state index is -0.148. The van der Waals surface area contributed by atoms with Gasteiger partial charge in [0.15, 0.2) is 0 Å². The van der Waals surface area contributed by atoms with Crippen LogP contribution in [0.5, 0.6) is 0 Å². The molecule has 0 aliphatic heterocycles. The molecule has 2 heterocycles. The molecule has 3 N–H and O–H groups in total. The molecule has 0 aromatic carbocycles. The zero-order valence-electron chi connectivity index (χ0n) is 13.2. The number of hydrogen-bond donors (Lipinski definition) is 3. The molecule has 0 saturated heterocycles. The summed E-state index contributed by atoms with van der Waals surface area (Å²) in [5, 5.41) is 8.99. The maximum atomic E-state index is 11.3. The summed E-state index contributed by atoms with van der Waals surface area (Å²) in [5.41, 5.74) is 0. The van der Waals surface area contributed by atoms with Crippen LogP contribution in [0.25, 0.3) is 0 Å². The van der Waals surface area contributed by atoms with Crippen LogP contribution in [0.4, 0.5) is 17.5 Å². The Labute approximate surface area is 134 Å². The third-order valence-corrected chi connectivity index (χ3v) is 2.79. The normalized spacial score (nSPS) is 10.2. The molecular weight excluding hydrogens is 296 g/mol. The SMILES string of the molecule is COCC(=O)NCCNc1cc(Nc2ccccn2)nc(C)n1. The Balaban J connectivity index is 1.88. The summed E-state index contributed by atoms with van der Waals surface area (Å²) in [6.45, 7) is 2.91. The smallest absolute Gasteiger partial charge is 0.246 e. The van der Waals surface area contributed by atoms with Crippen molar-refractivity contribution in [1.82, 2.24) is 20.3 Å². The molecule has 0 radical (unpaired) electrons. The van der Waals surface area contributed by atoms with E-state index >= 15 is 0 Å². The van der Waals surface area contributed by atoms with E-state index in [0.29, 0.717) is 36.4 Å². The Bertz CT molecular complexity index is 635. The van der Waals surface area contributed by atoms with Crippen molar-refractivity contribution in [2.75, 3.05) is 37.4 Å². The monoisotopic (exact) mass is 316 g/mol. The average Bonchev–Trinajstić information content (AvgIpc) is 2.52. The lowest BCUT2D eigenvalue weighted by molar-refractivity contribution is -0.124. The lowest BCUT2D eigenvalue weighted by atomic mass is 10.4. The number of methoxy groups -OCH3 is 1. The highest BCUT2D eigenvalue weighted by Gasteiger charge is 2.03. The molecular formula is C15H20N6O2. The van der Waals surface area contributed by atoms with Crippen molar-refractivity contribution in [2.24, 2.45) is 0 Å². The number of hydrogen-bond acceptors (Lipinski definition) is 7. The Kier molecular flexibility index (Phi) is 6.25. The van der Waals surface area contributed by atoms with Gasteiger partial charge in [0.2, 0.25) is 5.91 Å².